The van der Waals surface area contributed by atoms with Crippen LogP contribution in [0.5, 0.6) is 5.75 Å². The summed E-state index contributed by atoms with van der Waals surface area (Å²) in [5.74, 6) is 0.585. The normalized spacial score (nSPS) is 12.1. The number of carbonyl (C=O) groups is 2. The maximum Gasteiger partial charge on any atom is 0.237 e. The Hall–Kier alpha value is -2.08. The van der Waals surface area contributed by atoms with Crippen LogP contribution in [0, 0.1) is 0 Å². The fourth-order valence-electron chi connectivity index (χ4n) is 2.01. The van der Waals surface area contributed by atoms with Crippen LogP contribution in [-0.2, 0) is 16.1 Å². The molecule has 0 saturated heterocycles. The van der Waals surface area contributed by atoms with Gasteiger partial charge in [0.1, 0.15) is 5.75 Å². The number of benzene rings is 1. The topological polar surface area (TPSA) is 70.7 Å². The van der Waals surface area contributed by atoms with Crippen molar-refractivity contribution in [3.63, 3.8) is 0 Å². The molecule has 0 radical (unpaired) electrons. The molecule has 0 aromatic heterocycles. The van der Waals surface area contributed by atoms with Crippen LogP contribution < -0.4 is 15.4 Å². The summed E-state index contributed by atoms with van der Waals surface area (Å²) in [6, 6.07) is 7.23. The second-order valence-electron chi connectivity index (χ2n) is 5.88. The van der Waals surface area contributed by atoms with Crippen molar-refractivity contribution >= 4 is 11.8 Å². The van der Waals surface area contributed by atoms with Gasteiger partial charge in [0.2, 0.25) is 11.8 Å². The van der Waals surface area contributed by atoms with E-state index in [1.54, 1.807) is 26.0 Å². The fraction of sp³-hybridized carbons (Fsp3) is 0.529. The Morgan fingerprint density at radius 3 is 2.30 bits per heavy atom. The minimum Gasteiger partial charge on any atom is -0.497 e. The monoisotopic (exact) mass is 321 g/mol. The smallest absolute Gasteiger partial charge is 0.237 e. The van der Waals surface area contributed by atoms with Gasteiger partial charge in [-0.25, -0.2) is 0 Å². The molecular weight excluding hydrogens is 294 g/mol. The van der Waals surface area contributed by atoms with E-state index in [0.717, 1.165) is 11.3 Å². The third-order valence-electron chi connectivity index (χ3n) is 3.51. The molecule has 0 spiro atoms. The van der Waals surface area contributed by atoms with Crippen molar-refractivity contribution in [3.05, 3.63) is 29.8 Å². The molecule has 0 aliphatic rings. The lowest BCUT2D eigenvalue weighted by Gasteiger charge is -2.23. The minimum absolute atomic E-state index is 0.0858. The van der Waals surface area contributed by atoms with Crippen LogP contribution in [0.2, 0.25) is 0 Å². The van der Waals surface area contributed by atoms with Gasteiger partial charge in [0, 0.05) is 12.6 Å². The predicted molar refractivity (Wildman–Crippen MR) is 90.2 cm³/mol. The molecule has 6 nitrogen and oxygen atoms in total. The first-order valence-electron chi connectivity index (χ1n) is 7.73. The molecule has 1 aromatic carbocycles. The van der Waals surface area contributed by atoms with E-state index in [9.17, 15) is 9.59 Å². The van der Waals surface area contributed by atoms with Gasteiger partial charge in [0.25, 0.3) is 0 Å². The number of rotatable bonds is 8. The van der Waals surface area contributed by atoms with Crippen molar-refractivity contribution in [1.29, 1.82) is 0 Å². The van der Waals surface area contributed by atoms with E-state index < -0.39 is 0 Å². The third-order valence-corrected chi connectivity index (χ3v) is 3.51. The standard InChI is InChI=1S/C17H27N3O3/c1-12(2)19-16(21)11-20(4)13(3)17(22)18-10-14-6-8-15(23-5)9-7-14/h6-9,12-13H,10-11H2,1-5H3,(H,18,22)(H,19,21)/t13-/m1/s1. The van der Waals surface area contributed by atoms with Crippen LogP contribution in [0.3, 0.4) is 0 Å². The summed E-state index contributed by atoms with van der Waals surface area (Å²) < 4.78 is 5.10. The van der Waals surface area contributed by atoms with Crippen LogP contribution in [0.15, 0.2) is 24.3 Å². The average Bonchev–Trinajstić information content (AvgIpc) is 2.51. The average molecular weight is 321 g/mol. The maximum absolute atomic E-state index is 12.2. The van der Waals surface area contributed by atoms with Crippen LogP contribution in [0.1, 0.15) is 26.3 Å². The van der Waals surface area contributed by atoms with Crippen LogP contribution >= 0.6 is 0 Å². The first-order chi connectivity index (χ1) is 10.8. The lowest BCUT2D eigenvalue weighted by atomic mass is 10.2. The Bertz CT molecular complexity index is 514. The highest BCUT2D eigenvalue weighted by molar-refractivity contribution is 5.83. The highest BCUT2D eigenvalue weighted by Crippen LogP contribution is 2.11. The van der Waals surface area contributed by atoms with Crippen molar-refractivity contribution in [1.82, 2.24) is 15.5 Å². The lowest BCUT2D eigenvalue weighted by Crippen LogP contribution is -2.47. The molecule has 0 unspecified atom stereocenters. The number of likely N-dealkylation sites (N-methyl/N-ethyl adjacent to an activating group) is 1. The highest BCUT2D eigenvalue weighted by atomic mass is 16.5. The number of ether oxygens (including phenoxy) is 1. The van der Waals surface area contributed by atoms with Gasteiger partial charge in [0.15, 0.2) is 0 Å². The van der Waals surface area contributed by atoms with Crippen molar-refractivity contribution in [2.24, 2.45) is 0 Å². The van der Waals surface area contributed by atoms with E-state index in [0.29, 0.717) is 6.54 Å². The quantitative estimate of drug-likeness (QED) is 0.754. The number of hydrogen-bond donors (Lipinski definition) is 2. The SMILES string of the molecule is COc1ccc(CNC(=O)[C@@H](C)N(C)CC(=O)NC(C)C)cc1. The van der Waals surface area contributed by atoms with Crippen molar-refractivity contribution in [2.45, 2.75) is 39.4 Å². The second-order valence-corrected chi connectivity index (χ2v) is 5.88. The summed E-state index contributed by atoms with van der Waals surface area (Å²) in [4.78, 5) is 25.6. The van der Waals surface area contributed by atoms with Gasteiger partial charge in [-0.2, -0.15) is 0 Å². The number of carbonyl (C=O) groups excluding carboxylic acids is 2. The predicted octanol–water partition coefficient (Wildman–Crippen LogP) is 1.16. The molecule has 0 heterocycles. The van der Waals surface area contributed by atoms with Gasteiger partial charge in [0.05, 0.1) is 19.7 Å². The van der Waals surface area contributed by atoms with Crippen molar-refractivity contribution in [3.8, 4) is 5.75 Å². The number of nitrogens with zero attached hydrogens (tertiary/aromatic N) is 1. The van der Waals surface area contributed by atoms with E-state index in [-0.39, 0.29) is 30.4 Å². The zero-order valence-electron chi connectivity index (χ0n) is 14.6. The second kappa shape index (κ2) is 9.15. The zero-order valence-corrected chi connectivity index (χ0v) is 14.6. The number of nitrogens with one attached hydrogen (secondary N) is 2. The van der Waals surface area contributed by atoms with E-state index in [2.05, 4.69) is 10.6 Å². The van der Waals surface area contributed by atoms with E-state index in [4.69, 9.17) is 4.74 Å². The molecule has 0 aliphatic heterocycles. The number of hydrogen-bond acceptors (Lipinski definition) is 4. The summed E-state index contributed by atoms with van der Waals surface area (Å²) in [7, 11) is 3.38. The molecule has 1 atom stereocenters. The largest absolute Gasteiger partial charge is 0.497 e. The Labute approximate surface area is 138 Å². The first kappa shape index (κ1) is 19.0. The third kappa shape index (κ3) is 6.69. The zero-order chi connectivity index (χ0) is 17.4. The van der Waals surface area contributed by atoms with Crippen LogP contribution in [0.25, 0.3) is 0 Å². The fourth-order valence-corrected chi connectivity index (χ4v) is 2.01. The molecule has 0 fully saturated rings. The molecule has 2 amide bonds. The summed E-state index contributed by atoms with van der Waals surface area (Å²) in [6.07, 6.45) is 0. The Morgan fingerprint density at radius 1 is 1.17 bits per heavy atom. The van der Waals surface area contributed by atoms with Crippen LogP contribution in [0.4, 0.5) is 0 Å². The number of amides is 2. The molecule has 6 heteroatoms. The van der Waals surface area contributed by atoms with Gasteiger partial charge < -0.3 is 15.4 Å². The summed E-state index contributed by atoms with van der Waals surface area (Å²) in [5, 5.41) is 5.69. The Kier molecular flexibility index (Phi) is 7.54. The van der Waals surface area contributed by atoms with Gasteiger partial charge in [-0.15, -0.1) is 0 Å². The molecule has 0 bridgehead atoms. The van der Waals surface area contributed by atoms with Gasteiger partial charge in [-0.1, -0.05) is 12.1 Å². The molecule has 1 aromatic rings. The summed E-state index contributed by atoms with van der Waals surface area (Å²) >= 11 is 0. The number of methoxy groups -OCH3 is 1. The minimum atomic E-state index is -0.383. The maximum atomic E-state index is 12.2. The highest BCUT2D eigenvalue weighted by Gasteiger charge is 2.20. The molecule has 2 N–H and O–H groups in total. The summed E-state index contributed by atoms with van der Waals surface area (Å²) in [6.45, 7) is 6.23. The molecule has 23 heavy (non-hydrogen) atoms. The molecule has 1 rings (SSSR count). The van der Waals surface area contributed by atoms with E-state index in [1.165, 1.54) is 0 Å². The molecule has 128 valence electrons. The van der Waals surface area contributed by atoms with Gasteiger partial charge in [-0.05, 0) is 45.5 Å². The van der Waals surface area contributed by atoms with Gasteiger partial charge >= 0.3 is 0 Å². The first-order valence-corrected chi connectivity index (χ1v) is 7.73. The summed E-state index contributed by atoms with van der Waals surface area (Å²) in [5.41, 5.74) is 0.992. The van der Waals surface area contributed by atoms with Crippen molar-refractivity contribution < 1.29 is 14.3 Å². The van der Waals surface area contributed by atoms with Gasteiger partial charge in [-0.3, -0.25) is 14.5 Å². The van der Waals surface area contributed by atoms with Crippen LogP contribution in [-0.4, -0.2) is 49.5 Å². The molecular formula is C17H27N3O3. The van der Waals surface area contributed by atoms with E-state index in [1.807, 2.05) is 38.1 Å². The Balaban J connectivity index is 2.44. The van der Waals surface area contributed by atoms with Crippen molar-refractivity contribution in [2.75, 3.05) is 20.7 Å². The lowest BCUT2D eigenvalue weighted by molar-refractivity contribution is -0.128. The Morgan fingerprint density at radius 2 is 1.78 bits per heavy atom. The molecule has 0 saturated carbocycles. The van der Waals surface area contributed by atoms with E-state index >= 15 is 0 Å². The molecule has 0 aliphatic carbocycles.